The van der Waals surface area contributed by atoms with Gasteiger partial charge in [0.1, 0.15) is 5.75 Å². The molecular weight excluding hydrogens is 476 g/mol. The average molecular weight is 497 g/mol. The van der Waals surface area contributed by atoms with Crippen molar-refractivity contribution in [3.8, 4) is 17.2 Å². The van der Waals surface area contributed by atoms with Gasteiger partial charge in [-0.2, -0.15) is 5.10 Å². The zero-order valence-electron chi connectivity index (χ0n) is 17.3. The fourth-order valence-electron chi connectivity index (χ4n) is 2.61. The van der Waals surface area contributed by atoms with Gasteiger partial charge in [-0.05, 0) is 70.9 Å². The SMILES string of the molecule is CCOc1cc(C=NNC(=O)COc2ccccc2Br)ccc1OC(=O)c1ccccc1. The molecule has 0 spiro atoms. The van der Waals surface area contributed by atoms with E-state index in [0.717, 1.165) is 4.47 Å². The highest BCUT2D eigenvalue weighted by Gasteiger charge is 2.13. The fourth-order valence-corrected chi connectivity index (χ4v) is 3.01. The maximum absolute atomic E-state index is 12.3. The number of nitrogens with one attached hydrogen (secondary N) is 1. The maximum atomic E-state index is 12.3. The van der Waals surface area contributed by atoms with Crippen molar-refractivity contribution < 1.29 is 23.8 Å². The highest BCUT2D eigenvalue weighted by atomic mass is 79.9. The molecule has 0 atom stereocenters. The Kier molecular flexibility index (Phi) is 8.39. The summed E-state index contributed by atoms with van der Waals surface area (Å²) in [6.07, 6.45) is 1.46. The number of amides is 1. The van der Waals surface area contributed by atoms with E-state index in [1.165, 1.54) is 6.21 Å². The van der Waals surface area contributed by atoms with Gasteiger partial charge in [-0.3, -0.25) is 4.79 Å². The molecule has 0 aliphatic heterocycles. The largest absolute Gasteiger partial charge is 0.490 e. The molecule has 32 heavy (non-hydrogen) atoms. The highest BCUT2D eigenvalue weighted by molar-refractivity contribution is 9.10. The molecule has 0 unspecified atom stereocenters. The Morgan fingerprint density at radius 2 is 1.69 bits per heavy atom. The van der Waals surface area contributed by atoms with E-state index in [2.05, 4.69) is 26.5 Å². The van der Waals surface area contributed by atoms with Crippen LogP contribution >= 0.6 is 15.9 Å². The van der Waals surface area contributed by atoms with Crippen LogP contribution in [0.4, 0.5) is 0 Å². The van der Waals surface area contributed by atoms with E-state index in [1.807, 2.05) is 31.2 Å². The maximum Gasteiger partial charge on any atom is 0.343 e. The second-order valence-electron chi connectivity index (χ2n) is 6.41. The van der Waals surface area contributed by atoms with Crippen molar-refractivity contribution in [2.45, 2.75) is 6.92 Å². The van der Waals surface area contributed by atoms with E-state index in [9.17, 15) is 9.59 Å². The Labute approximate surface area is 194 Å². The van der Waals surface area contributed by atoms with Crippen LogP contribution in [0.3, 0.4) is 0 Å². The van der Waals surface area contributed by atoms with Gasteiger partial charge in [0.2, 0.25) is 0 Å². The van der Waals surface area contributed by atoms with Crippen molar-refractivity contribution in [1.82, 2.24) is 5.43 Å². The topological polar surface area (TPSA) is 86.2 Å². The summed E-state index contributed by atoms with van der Waals surface area (Å²) in [5.74, 6) is 0.363. The van der Waals surface area contributed by atoms with Crippen LogP contribution in [0, 0.1) is 0 Å². The Morgan fingerprint density at radius 3 is 2.44 bits per heavy atom. The summed E-state index contributed by atoms with van der Waals surface area (Å²) < 4.78 is 17.3. The predicted octanol–water partition coefficient (Wildman–Crippen LogP) is 4.60. The molecule has 0 fully saturated rings. The predicted molar refractivity (Wildman–Crippen MR) is 124 cm³/mol. The third-order valence-electron chi connectivity index (χ3n) is 4.08. The summed E-state index contributed by atoms with van der Waals surface area (Å²) in [5, 5.41) is 3.94. The van der Waals surface area contributed by atoms with E-state index in [4.69, 9.17) is 14.2 Å². The van der Waals surface area contributed by atoms with Crippen LogP contribution in [-0.4, -0.2) is 31.3 Å². The molecule has 1 N–H and O–H groups in total. The third kappa shape index (κ3) is 6.68. The second kappa shape index (κ2) is 11.7. The number of hydrazone groups is 1. The van der Waals surface area contributed by atoms with Gasteiger partial charge < -0.3 is 14.2 Å². The molecule has 164 valence electrons. The normalized spacial score (nSPS) is 10.6. The van der Waals surface area contributed by atoms with E-state index < -0.39 is 11.9 Å². The molecule has 0 aliphatic rings. The quantitative estimate of drug-likeness (QED) is 0.202. The van der Waals surface area contributed by atoms with Crippen LogP contribution in [0.5, 0.6) is 17.2 Å². The third-order valence-corrected chi connectivity index (χ3v) is 4.73. The lowest BCUT2D eigenvalue weighted by atomic mass is 10.2. The molecule has 3 aromatic carbocycles. The van der Waals surface area contributed by atoms with E-state index in [-0.39, 0.29) is 6.61 Å². The molecule has 1 amide bonds. The Hall–Kier alpha value is -3.65. The van der Waals surface area contributed by atoms with Gasteiger partial charge in [-0.1, -0.05) is 30.3 Å². The fraction of sp³-hybridized carbons (Fsp3) is 0.125. The van der Waals surface area contributed by atoms with Gasteiger partial charge in [0.05, 0.1) is 22.9 Å². The Balaban J connectivity index is 1.59. The summed E-state index contributed by atoms with van der Waals surface area (Å²) in [4.78, 5) is 24.3. The molecule has 0 bridgehead atoms. The number of rotatable bonds is 9. The van der Waals surface area contributed by atoms with Crippen molar-refractivity contribution in [2.75, 3.05) is 13.2 Å². The molecule has 0 saturated carbocycles. The zero-order chi connectivity index (χ0) is 22.8. The molecule has 0 radical (unpaired) electrons. The number of halogens is 1. The summed E-state index contributed by atoms with van der Waals surface area (Å²) in [6.45, 7) is 2.03. The van der Waals surface area contributed by atoms with Gasteiger partial charge in [-0.25, -0.2) is 10.2 Å². The number of hydrogen-bond acceptors (Lipinski definition) is 6. The number of ether oxygens (including phenoxy) is 3. The standard InChI is InChI=1S/C24H21BrN2O5/c1-2-30-22-14-17(12-13-21(22)32-24(29)18-8-4-3-5-9-18)15-26-27-23(28)16-31-20-11-7-6-10-19(20)25/h3-15H,2,16H2,1H3,(H,27,28). The summed E-state index contributed by atoms with van der Waals surface area (Å²) in [6, 6.07) is 20.9. The van der Waals surface area contributed by atoms with E-state index >= 15 is 0 Å². The van der Waals surface area contributed by atoms with Crippen LogP contribution in [0.2, 0.25) is 0 Å². The van der Waals surface area contributed by atoms with Gasteiger partial charge in [-0.15, -0.1) is 0 Å². The Morgan fingerprint density at radius 1 is 0.938 bits per heavy atom. The number of esters is 1. The van der Waals surface area contributed by atoms with Gasteiger partial charge in [0.25, 0.3) is 5.91 Å². The minimum Gasteiger partial charge on any atom is -0.490 e. The highest BCUT2D eigenvalue weighted by Crippen LogP contribution is 2.29. The number of benzene rings is 3. The summed E-state index contributed by atoms with van der Waals surface area (Å²) in [7, 11) is 0. The first-order valence-electron chi connectivity index (χ1n) is 9.80. The van der Waals surface area contributed by atoms with Crippen LogP contribution in [0.25, 0.3) is 0 Å². The lowest BCUT2D eigenvalue weighted by Crippen LogP contribution is -2.24. The van der Waals surface area contributed by atoms with Crippen molar-refractivity contribution in [1.29, 1.82) is 0 Å². The van der Waals surface area contributed by atoms with E-state index in [1.54, 1.807) is 48.5 Å². The summed E-state index contributed by atoms with van der Waals surface area (Å²) >= 11 is 3.35. The van der Waals surface area contributed by atoms with Crippen molar-refractivity contribution in [3.63, 3.8) is 0 Å². The lowest BCUT2D eigenvalue weighted by Gasteiger charge is -2.11. The Bertz CT molecular complexity index is 1100. The monoisotopic (exact) mass is 496 g/mol. The first kappa shape index (κ1) is 23.0. The van der Waals surface area contributed by atoms with Gasteiger partial charge >= 0.3 is 5.97 Å². The average Bonchev–Trinajstić information content (AvgIpc) is 2.81. The number of carbonyl (C=O) groups is 2. The number of nitrogens with zero attached hydrogens (tertiary/aromatic N) is 1. The van der Waals surface area contributed by atoms with Gasteiger partial charge in [0, 0.05) is 0 Å². The molecule has 8 heteroatoms. The molecule has 0 heterocycles. The van der Waals surface area contributed by atoms with Crippen LogP contribution in [-0.2, 0) is 4.79 Å². The van der Waals surface area contributed by atoms with Crippen LogP contribution in [0.15, 0.2) is 82.4 Å². The van der Waals surface area contributed by atoms with Crippen molar-refractivity contribution >= 4 is 34.0 Å². The molecule has 0 aliphatic carbocycles. The van der Waals surface area contributed by atoms with Crippen LogP contribution in [0.1, 0.15) is 22.8 Å². The first-order chi connectivity index (χ1) is 15.6. The molecule has 0 saturated heterocycles. The second-order valence-corrected chi connectivity index (χ2v) is 7.26. The molecule has 3 aromatic rings. The molecule has 0 aromatic heterocycles. The van der Waals surface area contributed by atoms with Crippen molar-refractivity contribution in [2.24, 2.45) is 5.10 Å². The smallest absolute Gasteiger partial charge is 0.343 e. The van der Waals surface area contributed by atoms with E-state index in [0.29, 0.717) is 35.0 Å². The molecule has 7 nitrogen and oxygen atoms in total. The molecular formula is C24H21BrN2O5. The van der Waals surface area contributed by atoms with Crippen molar-refractivity contribution in [3.05, 3.63) is 88.4 Å². The zero-order valence-corrected chi connectivity index (χ0v) is 18.9. The lowest BCUT2D eigenvalue weighted by molar-refractivity contribution is -0.123. The van der Waals surface area contributed by atoms with Gasteiger partial charge in [0.15, 0.2) is 18.1 Å². The number of carbonyl (C=O) groups excluding carboxylic acids is 2. The number of hydrogen-bond donors (Lipinski definition) is 1. The summed E-state index contributed by atoms with van der Waals surface area (Å²) in [5.41, 5.74) is 3.50. The number of para-hydroxylation sites is 1. The molecule has 3 rings (SSSR count). The first-order valence-corrected chi connectivity index (χ1v) is 10.6. The van der Waals surface area contributed by atoms with Crippen LogP contribution < -0.4 is 19.6 Å². The minimum absolute atomic E-state index is 0.182. The minimum atomic E-state index is -0.481.